The van der Waals surface area contributed by atoms with E-state index in [-0.39, 0.29) is 0 Å². The molecule has 0 N–H and O–H groups in total. The third-order valence-electron chi connectivity index (χ3n) is 2.61. The molecule has 0 spiro atoms. The first kappa shape index (κ1) is 11.4. The Kier molecular flexibility index (Phi) is 3.23. The Hall–Kier alpha value is -2.10. The van der Waals surface area contributed by atoms with Crippen LogP contribution in [-0.2, 0) is 0 Å². The number of nitrogens with zero attached hydrogens (tertiary/aromatic N) is 2. The van der Waals surface area contributed by atoms with Gasteiger partial charge in [0.15, 0.2) is 5.82 Å². The third kappa shape index (κ3) is 2.06. The van der Waals surface area contributed by atoms with Crippen LogP contribution in [0.3, 0.4) is 0 Å². The molecule has 0 saturated carbocycles. The molecule has 1 aromatic carbocycles. The molecule has 2 rings (SSSR count). The number of methoxy groups -OCH3 is 2. The van der Waals surface area contributed by atoms with E-state index in [1.807, 2.05) is 19.1 Å². The standard InChI is InChI=1S/C13H14N2O2/c1-9-10(16-2)5-6-11(17-3)12(9)13-14-7-4-8-15-13/h4-8H,1-3H3. The van der Waals surface area contributed by atoms with Crippen molar-refractivity contribution in [1.29, 1.82) is 0 Å². The highest BCUT2D eigenvalue weighted by Crippen LogP contribution is 2.35. The SMILES string of the molecule is COc1ccc(OC)c(-c2ncccn2)c1C. The van der Waals surface area contributed by atoms with Gasteiger partial charge >= 0.3 is 0 Å². The van der Waals surface area contributed by atoms with Gasteiger partial charge in [0, 0.05) is 18.0 Å². The molecule has 0 bridgehead atoms. The minimum Gasteiger partial charge on any atom is -0.496 e. The fourth-order valence-corrected chi connectivity index (χ4v) is 1.77. The smallest absolute Gasteiger partial charge is 0.163 e. The summed E-state index contributed by atoms with van der Waals surface area (Å²) in [4.78, 5) is 8.49. The Balaban J connectivity index is 2.66. The van der Waals surface area contributed by atoms with Crippen molar-refractivity contribution >= 4 is 0 Å². The molecule has 0 aliphatic carbocycles. The monoisotopic (exact) mass is 230 g/mol. The van der Waals surface area contributed by atoms with Gasteiger partial charge in [-0.25, -0.2) is 9.97 Å². The molecule has 0 fully saturated rings. The van der Waals surface area contributed by atoms with Crippen LogP contribution in [0.25, 0.3) is 11.4 Å². The van der Waals surface area contributed by atoms with Crippen LogP contribution in [0.15, 0.2) is 30.6 Å². The van der Waals surface area contributed by atoms with Gasteiger partial charge in [-0.05, 0) is 25.1 Å². The molecule has 1 aromatic heterocycles. The van der Waals surface area contributed by atoms with Crippen molar-refractivity contribution in [2.75, 3.05) is 14.2 Å². The molecule has 0 saturated heterocycles. The summed E-state index contributed by atoms with van der Waals surface area (Å²) in [5, 5.41) is 0. The number of ether oxygens (including phenoxy) is 2. The first-order valence-electron chi connectivity index (χ1n) is 5.27. The number of benzene rings is 1. The van der Waals surface area contributed by atoms with E-state index < -0.39 is 0 Å². The maximum atomic E-state index is 5.34. The minimum absolute atomic E-state index is 0.640. The summed E-state index contributed by atoms with van der Waals surface area (Å²) in [6.07, 6.45) is 3.42. The van der Waals surface area contributed by atoms with Gasteiger partial charge in [-0.3, -0.25) is 0 Å². The molecule has 0 amide bonds. The molecule has 0 radical (unpaired) electrons. The average Bonchev–Trinajstić information content (AvgIpc) is 2.39. The Morgan fingerprint density at radius 2 is 1.53 bits per heavy atom. The van der Waals surface area contributed by atoms with Gasteiger partial charge in [0.2, 0.25) is 0 Å². The normalized spacial score (nSPS) is 10.1. The number of hydrogen-bond donors (Lipinski definition) is 0. The van der Waals surface area contributed by atoms with Crippen LogP contribution in [0.1, 0.15) is 5.56 Å². The summed E-state index contributed by atoms with van der Waals surface area (Å²) in [6.45, 7) is 1.97. The Morgan fingerprint density at radius 3 is 2.12 bits per heavy atom. The first-order valence-corrected chi connectivity index (χ1v) is 5.27. The lowest BCUT2D eigenvalue weighted by atomic mass is 10.1. The molecule has 88 valence electrons. The fourth-order valence-electron chi connectivity index (χ4n) is 1.77. The Bertz CT molecular complexity index is 512. The van der Waals surface area contributed by atoms with Crippen LogP contribution in [0, 0.1) is 6.92 Å². The molecule has 0 aliphatic heterocycles. The van der Waals surface area contributed by atoms with Gasteiger partial charge in [-0.1, -0.05) is 0 Å². The predicted octanol–water partition coefficient (Wildman–Crippen LogP) is 2.47. The second-order valence-corrected chi connectivity index (χ2v) is 3.54. The molecule has 1 heterocycles. The molecule has 17 heavy (non-hydrogen) atoms. The van der Waals surface area contributed by atoms with Crippen molar-refractivity contribution in [3.8, 4) is 22.9 Å². The largest absolute Gasteiger partial charge is 0.496 e. The molecular formula is C13H14N2O2. The van der Waals surface area contributed by atoms with E-state index >= 15 is 0 Å². The van der Waals surface area contributed by atoms with Gasteiger partial charge in [0.05, 0.1) is 19.8 Å². The lowest BCUT2D eigenvalue weighted by Crippen LogP contribution is -1.97. The van der Waals surface area contributed by atoms with Gasteiger partial charge < -0.3 is 9.47 Å². The minimum atomic E-state index is 0.640. The molecule has 4 heteroatoms. The van der Waals surface area contributed by atoms with Crippen LogP contribution < -0.4 is 9.47 Å². The average molecular weight is 230 g/mol. The number of rotatable bonds is 3. The zero-order valence-corrected chi connectivity index (χ0v) is 10.1. The Labute approximate surface area is 100 Å². The van der Waals surface area contributed by atoms with Crippen molar-refractivity contribution in [2.45, 2.75) is 6.92 Å². The Morgan fingerprint density at radius 1 is 0.941 bits per heavy atom. The van der Waals surface area contributed by atoms with Crippen molar-refractivity contribution < 1.29 is 9.47 Å². The van der Waals surface area contributed by atoms with Crippen molar-refractivity contribution in [1.82, 2.24) is 9.97 Å². The summed E-state index contributed by atoms with van der Waals surface area (Å²) in [7, 11) is 3.28. The zero-order chi connectivity index (χ0) is 12.3. The van der Waals surface area contributed by atoms with Gasteiger partial charge in [0.1, 0.15) is 11.5 Å². The predicted molar refractivity (Wildman–Crippen MR) is 65.3 cm³/mol. The zero-order valence-electron chi connectivity index (χ0n) is 10.1. The van der Waals surface area contributed by atoms with Crippen LogP contribution in [0.2, 0.25) is 0 Å². The van der Waals surface area contributed by atoms with Gasteiger partial charge in [0.25, 0.3) is 0 Å². The maximum absolute atomic E-state index is 5.34. The van der Waals surface area contributed by atoms with Crippen LogP contribution >= 0.6 is 0 Å². The van der Waals surface area contributed by atoms with Crippen LogP contribution in [0.4, 0.5) is 0 Å². The van der Waals surface area contributed by atoms with Crippen LogP contribution in [0.5, 0.6) is 11.5 Å². The summed E-state index contributed by atoms with van der Waals surface area (Å²) < 4.78 is 10.6. The van der Waals surface area contributed by atoms with E-state index in [0.29, 0.717) is 5.82 Å². The van der Waals surface area contributed by atoms with E-state index in [9.17, 15) is 0 Å². The number of hydrogen-bond acceptors (Lipinski definition) is 4. The van der Waals surface area contributed by atoms with E-state index in [0.717, 1.165) is 22.6 Å². The van der Waals surface area contributed by atoms with Gasteiger partial charge in [-0.15, -0.1) is 0 Å². The third-order valence-corrected chi connectivity index (χ3v) is 2.61. The fraction of sp³-hybridized carbons (Fsp3) is 0.231. The summed E-state index contributed by atoms with van der Waals surface area (Å²) in [6, 6.07) is 5.52. The summed E-state index contributed by atoms with van der Waals surface area (Å²) in [5.74, 6) is 2.18. The number of aromatic nitrogens is 2. The molecule has 0 atom stereocenters. The van der Waals surface area contributed by atoms with Gasteiger partial charge in [-0.2, -0.15) is 0 Å². The molecule has 0 aliphatic rings. The van der Waals surface area contributed by atoms with Crippen molar-refractivity contribution in [3.05, 3.63) is 36.2 Å². The second-order valence-electron chi connectivity index (χ2n) is 3.54. The van der Waals surface area contributed by atoms with E-state index in [1.165, 1.54) is 0 Å². The highest BCUT2D eigenvalue weighted by molar-refractivity contribution is 5.71. The lowest BCUT2D eigenvalue weighted by molar-refractivity contribution is 0.401. The molecular weight excluding hydrogens is 216 g/mol. The topological polar surface area (TPSA) is 44.2 Å². The highest BCUT2D eigenvalue weighted by atomic mass is 16.5. The first-order chi connectivity index (χ1) is 8.27. The van der Waals surface area contributed by atoms with Crippen LogP contribution in [-0.4, -0.2) is 24.2 Å². The summed E-state index contributed by atoms with van der Waals surface area (Å²) >= 11 is 0. The molecule has 2 aromatic rings. The van der Waals surface area contributed by atoms with Crippen molar-refractivity contribution in [2.24, 2.45) is 0 Å². The second kappa shape index (κ2) is 4.82. The quantitative estimate of drug-likeness (QED) is 0.812. The highest BCUT2D eigenvalue weighted by Gasteiger charge is 2.14. The summed E-state index contributed by atoms with van der Waals surface area (Å²) in [5.41, 5.74) is 1.84. The lowest BCUT2D eigenvalue weighted by Gasteiger charge is -2.13. The maximum Gasteiger partial charge on any atom is 0.163 e. The van der Waals surface area contributed by atoms with Crippen molar-refractivity contribution in [3.63, 3.8) is 0 Å². The van der Waals surface area contributed by atoms with E-state index in [4.69, 9.17) is 9.47 Å². The molecule has 0 unspecified atom stereocenters. The van der Waals surface area contributed by atoms with E-state index in [2.05, 4.69) is 9.97 Å². The molecule has 4 nitrogen and oxygen atoms in total. The van der Waals surface area contributed by atoms with E-state index in [1.54, 1.807) is 32.7 Å².